The predicted octanol–water partition coefficient (Wildman–Crippen LogP) is 4.32. The summed E-state index contributed by atoms with van der Waals surface area (Å²) in [6.07, 6.45) is 0.0423. The van der Waals surface area contributed by atoms with E-state index in [9.17, 15) is 13.2 Å². The lowest BCUT2D eigenvalue weighted by molar-refractivity contribution is 0.0634. The lowest BCUT2D eigenvalue weighted by Crippen LogP contribution is -2.41. The Bertz CT molecular complexity index is 1170. The van der Waals surface area contributed by atoms with Crippen molar-refractivity contribution in [3.8, 4) is 5.75 Å². The van der Waals surface area contributed by atoms with Gasteiger partial charge in [0.25, 0.3) is 0 Å². The molecule has 0 bridgehead atoms. The minimum atomic E-state index is -3.07. The van der Waals surface area contributed by atoms with Crippen LogP contribution in [0.5, 0.6) is 5.75 Å². The van der Waals surface area contributed by atoms with Crippen LogP contribution in [-0.2, 0) is 14.6 Å². The second-order valence-corrected chi connectivity index (χ2v) is 12.3. The summed E-state index contributed by atoms with van der Waals surface area (Å²) in [5.41, 5.74) is 0.711. The Morgan fingerprint density at radius 2 is 1.91 bits per heavy atom. The summed E-state index contributed by atoms with van der Waals surface area (Å²) in [5, 5.41) is 2.90. The number of aromatic nitrogens is 3. The molecule has 1 aliphatic heterocycles. The van der Waals surface area contributed by atoms with Gasteiger partial charge in [-0.3, -0.25) is 5.32 Å². The van der Waals surface area contributed by atoms with Crippen molar-refractivity contribution >= 4 is 55.0 Å². The van der Waals surface area contributed by atoms with E-state index < -0.39 is 27.6 Å². The second-order valence-electron chi connectivity index (χ2n) is 8.83. The maximum absolute atomic E-state index is 12.4. The smallest absolute Gasteiger partial charge is 0.412 e. The van der Waals surface area contributed by atoms with E-state index in [1.165, 1.54) is 6.33 Å². The molecule has 0 radical (unpaired) electrons. The zero-order chi connectivity index (χ0) is 25.3. The normalized spacial score (nSPS) is 16.6. The third-order valence-corrected chi connectivity index (χ3v) is 7.22. The second kappa shape index (κ2) is 10.2. The number of anilines is 2. The molecule has 10 nitrogen and oxygen atoms in total. The third-order valence-electron chi connectivity index (χ3n) is 4.91. The maximum atomic E-state index is 12.4. The molecule has 1 amide bonds. The number of aryl methyl sites for hydroxylation is 1. The van der Waals surface area contributed by atoms with Gasteiger partial charge in [0.1, 0.15) is 33.6 Å². The Kier molecular flexibility index (Phi) is 7.93. The highest BCUT2D eigenvalue weighted by Gasteiger charge is 2.29. The minimum absolute atomic E-state index is 0.0308. The Morgan fingerprint density at radius 3 is 2.53 bits per heavy atom. The van der Waals surface area contributed by atoms with Gasteiger partial charge in [-0.05, 0) is 56.6 Å². The fourth-order valence-corrected chi connectivity index (χ4v) is 5.38. The summed E-state index contributed by atoms with van der Waals surface area (Å²) in [6, 6.07) is 1.61. The average Bonchev–Trinajstić information content (AvgIpc) is 2.68. The first kappa shape index (κ1) is 26.4. The SMILES string of the molecule is Cc1nc(Br)cc(NC(=O)OC(C)(C)C)c1OC(C)c1c(Cl)ncnc1N1CCS(=O)(=O)CC1. The first-order chi connectivity index (χ1) is 15.8. The van der Waals surface area contributed by atoms with Crippen LogP contribution in [0.1, 0.15) is 45.1 Å². The summed E-state index contributed by atoms with van der Waals surface area (Å²) < 4.78 is 35.8. The van der Waals surface area contributed by atoms with Crippen molar-refractivity contribution in [3.63, 3.8) is 0 Å². The molecule has 0 spiro atoms. The Balaban J connectivity index is 1.92. The molecule has 1 saturated heterocycles. The van der Waals surface area contributed by atoms with Gasteiger partial charge < -0.3 is 14.4 Å². The molecule has 13 heteroatoms. The number of carbonyl (C=O) groups excluding carboxylic acids is 1. The zero-order valence-electron chi connectivity index (χ0n) is 19.6. The molecule has 34 heavy (non-hydrogen) atoms. The van der Waals surface area contributed by atoms with Crippen LogP contribution in [0.25, 0.3) is 0 Å². The van der Waals surface area contributed by atoms with Gasteiger partial charge in [0.15, 0.2) is 15.6 Å². The van der Waals surface area contributed by atoms with E-state index in [2.05, 4.69) is 36.2 Å². The number of nitrogens with one attached hydrogen (secondary N) is 1. The van der Waals surface area contributed by atoms with Crippen molar-refractivity contribution in [1.29, 1.82) is 0 Å². The fourth-order valence-electron chi connectivity index (χ4n) is 3.41. The van der Waals surface area contributed by atoms with E-state index in [0.29, 0.717) is 46.2 Å². The molecule has 2 aromatic heterocycles. The van der Waals surface area contributed by atoms with Crippen LogP contribution in [-0.4, -0.2) is 59.7 Å². The number of pyridine rings is 1. The number of carbonyl (C=O) groups is 1. The molecule has 3 heterocycles. The number of halogens is 2. The molecule has 1 unspecified atom stereocenters. The van der Waals surface area contributed by atoms with Crippen LogP contribution < -0.4 is 15.0 Å². The average molecular weight is 577 g/mol. The van der Waals surface area contributed by atoms with E-state index in [-0.39, 0.29) is 16.7 Å². The molecule has 0 saturated carbocycles. The van der Waals surface area contributed by atoms with Crippen LogP contribution >= 0.6 is 27.5 Å². The van der Waals surface area contributed by atoms with Gasteiger partial charge >= 0.3 is 6.09 Å². The van der Waals surface area contributed by atoms with E-state index in [0.717, 1.165) is 0 Å². The van der Waals surface area contributed by atoms with Crippen LogP contribution in [0.15, 0.2) is 17.0 Å². The molecule has 3 rings (SSSR count). The van der Waals surface area contributed by atoms with Crippen LogP contribution in [0.4, 0.5) is 16.3 Å². The lowest BCUT2D eigenvalue weighted by Gasteiger charge is -2.31. The quantitative estimate of drug-likeness (QED) is 0.409. The molecule has 1 atom stereocenters. The van der Waals surface area contributed by atoms with Gasteiger partial charge in [0.05, 0.1) is 28.5 Å². The highest BCUT2D eigenvalue weighted by atomic mass is 79.9. The molecule has 2 aromatic rings. The summed E-state index contributed by atoms with van der Waals surface area (Å²) in [7, 11) is -3.07. The van der Waals surface area contributed by atoms with Crippen molar-refractivity contribution in [1.82, 2.24) is 15.0 Å². The third kappa shape index (κ3) is 6.70. The van der Waals surface area contributed by atoms with Gasteiger partial charge in [0, 0.05) is 13.1 Å². The number of ether oxygens (including phenoxy) is 2. The van der Waals surface area contributed by atoms with Crippen LogP contribution in [0, 0.1) is 6.92 Å². The van der Waals surface area contributed by atoms with E-state index >= 15 is 0 Å². The number of hydrogen-bond acceptors (Lipinski definition) is 9. The number of sulfone groups is 1. The standard InChI is InChI=1S/C21H27BrClN5O5S/c1-12-17(14(10-15(22)26-12)27-20(29)33-21(3,4)5)32-13(2)16-18(23)24-11-25-19(16)28-6-8-34(30,31)9-7-28/h10-11,13H,6-9H2,1-5H3,(H,26,27,29). The van der Waals surface area contributed by atoms with E-state index in [1.807, 2.05) is 4.90 Å². The summed E-state index contributed by atoms with van der Waals surface area (Å²) in [4.78, 5) is 27.1. The number of amides is 1. The maximum Gasteiger partial charge on any atom is 0.412 e. The molecule has 0 aromatic carbocycles. The lowest BCUT2D eigenvalue weighted by atomic mass is 10.1. The van der Waals surface area contributed by atoms with E-state index in [4.69, 9.17) is 21.1 Å². The highest BCUT2D eigenvalue weighted by Crippen LogP contribution is 2.38. The zero-order valence-corrected chi connectivity index (χ0v) is 22.7. The van der Waals surface area contributed by atoms with Gasteiger partial charge in [-0.2, -0.15) is 0 Å². The van der Waals surface area contributed by atoms with Crippen molar-refractivity contribution in [2.45, 2.75) is 46.3 Å². The summed E-state index contributed by atoms with van der Waals surface area (Å²) in [5.74, 6) is 0.895. The Hall–Kier alpha value is -2.18. The molecular formula is C21H27BrClN5O5S. The first-order valence-corrected chi connectivity index (χ1v) is 13.5. The van der Waals surface area contributed by atoms with E-state index in [1.54, 1.807) is 40.7 Å². The van der Waals surface area contributed by atoms with Crippen LogP contribution in [0.3, 0.4) is 0 Å². The fraction of sp³-hybridized carbons (Fsp3) is 0.524. The first-order valence-electron chi connectivity index (χ1n) is 10.6. The number of nitrogens with zero attached hydrogens (tertiary/aromatic N) is 4. The van der Waals surface area contributed by atoms with Crippen molar-refractivity contribution in [2.75, 3.05) is 34.8 Å². The molecule has 1 N–H and O–H groups in total. The van der Waals surface area contributed by atoms with Crippen molar-refractivity contribution in [2.24, 2.45) is 0 Å². The number of rotatable bonds is 5. The topological polar surface area (TPSA) is 124 Å². The Morgan fingerprint density at radius 1 is 1.26 bits per heavy atom. The van der Waals surface area contributed by atoms with Gasteiger partial charge in [0.2, 0.25) is 0 Å². The molecular weight excluding hydrogens is 550 g/mol. The molecule has 1 aliphatic rings. The molecule has 0 aliphatic carbocycles. The van der Waals surface area contributed by atoms with Gasteiger partial charge in [-0.25, -0.2) is 28.2 Å². The van der Waals surface area contributed by atoms with Gasteiger partial charge in [-0.15, -0.1) is 0 Å². The van der Waals surface area contributed by atoms with Crippen molar-refractivity contribution in [3.05, 3.63) is 33.4 Å². The van der Waals surface area contributed by atoms with Gasteiger partial charge in [-0.1, -0.05) is 11.6 Å². The Labute approximate surface area is 212 Å². The number of hydrogen-bond donors (Lipinski definition) is 1. The minimum Gasteiger partial charge on any atom is -0.482 e. The van der Waals surface area contributed by atoms with Crippen molar-refractivity contribution < 1.29 is 22.7 Å². The predicted molar refractivity (Wildman–Crippen MR) is 133 cm³/mol. The monoisotopic (exact) mass is 575 g/mol. The van der Waals surface area contributed by atoms with Crippen LogP contribution in [0.2, 0.25) is 5.15 Å². The highest BCUT2D eigenvalue weighted by molar-refractivity contribution is 9.10. The summed E-state index contributed by atoms with van der Waals surface area (Å²) in [6.45, 7) is 9.40. The molecule has 1 fully saturated rings. The molecule has 186 valence electrons. The largest absolute Gasteiger partial charge is 0.482 e. The summed E-state index contributed by atoms with van der Waals surface area (Å²) >= 11 is 9.78.